The Bertz CT molecular complexity index is 564. The van der Waals surface area contributed by atoms with Crippen LogP contribution in [0.1, 0.15) is 28.4 Å². The molecule has 1 amide bonds. The van der Waals surface area contributed by atoms with E-state index in [-0.39, 0.29) is 12.5 Å². The molecule has 0 bridgehead atoms. The molecule has 0 aliphatic carbocycles. The first-order valence-electron chi connectivity index (χ1n) is 7.38. The van der Waals surface area contributed by atoms with E-state index in [9.17, 15) is 4.79 Å². The van der Waals surface area contributed by atoms with E-state index in [4.69, 9.17) is 5.11 Å². The molecule has 1 aromatic carbocycles. The molecule has 1 aliphatic heterocycles. The molecule has 0 saturated carbocycles. The minimum atomic E-state index is -0.170. The van der Waals surface area contributed by atoms with Gasteiger partial charge in [-0.15, -0.1) is 0 Å². The monoisotopic (exact) mass is 286 g/mol. The lowest BCUT2D eigenvalue weighted by Gasteiger charge is -2.34. The van der Waals surface area contributed by atoms with E-state index in [1.54, 1.807) is 0 Å². The molecule has 1 aromatic rings. The summed E-state index contributed by atoms with van der Waals surface area (Å²) in [6.45, 7) is 8.35. The summed E-state index contributed by atoms with van der Waals surface area (Å²) in [5.41, 5.74) is 2.41. The third kappa shape index (κ3) is 3.63. The third-order valence-corrected chi connectivity index (χ3v) is 3.97. The highest BCUT2D eigenvalue weighted by Gasteiger charge is 2.22. The van der Waals surface area contributed by atoms with E-state index in [1.165, 1.54) is 0 Å². The average Bonchev–Trinajstić information content (AvgIpc) is 2.53. The van der Waals surface area contributed by atoms with Gasteiger partial charge in [0.15, 0.2) is 0 Å². The number of aliphatic hydroxyl groups excluding tert-OH is 1. The number of amides is 1. The Kier molecular flexibility index (Phi) is 5.38. The standard InChI is InChI=1S/C17H22N2O2/c1-3-18-9-11-19(12-10-18)17(21)16-8-4-6-15(14(16)2)7-5-13-20/h4,6,8,20H,3,9-13H2,1-2H3. The molecule has 4 heteroatoms. The Labute approximate surface area is 126 Å². The fourth-order valence-corrected chi connectivity index (χ4v) is 2.58. The summed E-state index contributed by atoms with van der Waals surface area (Å²) in [6, 6.07) is 5.59. The number of carbonyl (C=O) groups is 1. The van der Waals surface area contributed by atoms with Crippen LogP contribution in [0.25, 0.3) is 0 Å². The van der Waals surface area contributed by atoms with Crippen molar-refractivity contribution in [3.8, 4) is 11.8 Å². The Morgan fingerprint density at radius 2 is 2.00 bits per heavy atom. The number of aliphatic hydroxyl groups is 1. The summed E-state index contributed by atoms with van der Waals surface area (Å²) in [5, 5.41) is 8.80. The normalized spacial score (nSPS) is 15.5. The summed E-state index contributed by atoms with van der Waals surface area (Å²) in [5.74, 6) is 5.62. The van der Waals surface area contributed by atoms with Gasteiger partial charge < -0.3 is 14.9 Å². The lowest BCUT2D eigenvalue weighted by Crippen LogP contribution is -2.48. The largest absolute Gasteiger partial charge is 0.384 e. The highest BCUT2D eigenvalue weighted by atomic mass is 16.2. The number of hydrogen-bond donors (Lipinski definition) is 1. The minimum Gasteiger partial charge on any atom is -0.384 e. The molecule has 21 heavy (non-hydrogen) atoms. The fourth-order valence-electron chi connectivity index (χ4n) is 2.58. The van der Waals surface area contributed by atoms with Crippen molar-refractivity contribution in [2.24, 2.45) is 0 Å². The molecule has 1 saturated heterocycles. The van der Waals surface area contributed by atoms with Gasteiger partial charge in [0, 0.05) is 37.3 Å². The van der Waals surface area contributed by atoms with Gasteiger partial charge in [0.05, 0.1) is 0 Å². The second-order valence-corrected chi connectivity index (χ2v) is 5.16. The maximum Gasteiger partial charge on any atom is 0.254 e. The van der Waals surface area contributed by atoms with Gasteiger partial charge in [-0.2, -0.15) is 0 Å². The molecule has 0 radical (unpaired) electrons. The van der Waals surface area contributed by atoms with Crippen LogP contribution in [0.3, 0.4) is 0 Å². The Morgan fingerprint density at radius 3 is 2.62 bits per heavy atom. The molecule has 1 N–H and O–H groups in total. The number of carbonyl (C=O) groups excluding carboxylic acids is 1. The van der Waals surface area contributed by atoms with Crippen LogP contribution in [0.5, 0.6) is 0 Å². The minimum absolute atomic E-state index is 0.0795. The molecular weight excluding hydrogens is 264 g/mol. The smallest absolute Gasteiger partial charge is 0.254 e. The quantitative estimate of drug-likeness (QED) is 0.829. The molecular formula is C17H22N2O2. The molecule has 1 heterocycles. The molecule has 4 nitrogen and oxygen atoms in total. The Morgan fingerprint density at radius 1 is 1.29 bits per heavy atom. The number of nitrogens with zero attached hydrogens (tertiary/aromatic N) is 2. The number of likely N-dealkylation sites (N-methyl/N-ethyl adjacent to an activating group) is 1. The lowest BCUT2D eigenvalue weighted by atomic mass is 10.0. The lowest BCUT2D eigenvalue weighted by molar-refractivity contribution is 0.0642. The first-order valence-corrected chi connectivity index (χ1v) is 7.38. The zero-order chi connectivity index (χ0) is 15.2. The highest BCUT2D eigenvalue weighted by Crippen LogP contribution is 2.16. The molecule has 2 rings (SSSR count). The predicted octanol–water partition coefficient (Wildman–Crippen LogP) is 1.12. The van der Waals surface area contributed by atoms with Gasteiger partial charge in [-0.05, 0) is 31.2 Å². The van der Waals surface area contributed by atoms with Crippen LogP contribution in [-0.2, 0) is 0 Å². The van der Waals surface area contributed by atoms with E-state index in [0.717, 1.165) is 43.9 Å². The van der Waals surface area contributed by atoms with E-state index in [0.29, 0.717) is 5.56 Å². The Hall–Kier alpha value is -1.83. The first kappa shape index (κ1) is 15.6. The van der Waals surface area contributed by atoms with Crippen LogP contribution in [0, 0.1) is 18.8 Å². The summed E-state index contributed by atoms with van der Waals surface area (Å²) >= 11 is 0. The number of rotatable bonds is 2. The molecule has 0 aromatic heterocycles. The van der Waals surface area contributed by atoms with E-state index >= 15 is 0 Å². The first-order chi connectivity index (χ1) is 10.2. The van der Waals surface area contributed by atoms with Crippen molar-refractivity contribution in [1.29, 1.82) is 0 Å². The summed E-state index contributed by atoms with van der Waals surface area (Å²) < 4.78 is 0. The van der Waals surface area contributed by atoms with Gasteiger partial charge in [0.1, 0.15) is 6.61 Å². The van der Waals surface area contributed by atoms with Gasteiger partial charge in [0.2, 0.25) is 0 Å². The van der Waals surface area contributed by atoms with Crippen molar-refractivity contribution in [3.05, 3.63) is 34.9 Å². The maximum absolute atomic E-state index is 12.7. The highest BCUT2D eigenvalue weighted by molar-refractivity contribution is 5.96. The maximum atomic E-state index is 12.7. The van der Waals surface area contributed by atoms with Gasteiger partial charge in [0.25, 0.3) is 5.91 Å². The fraction of sp³-hybridized carbons (Fsp3) is 0.471. The summed E-state index contributed by atoms with van der Waals surface area (Å²) in [4.78, 5) is 16.9. The summed E-state index contributed by atoms with van der Waals surface area (Å²) in [6.07, 6.45) is 0. The molecule has 0 atom stereocenters. The van der Waals surface area contributed by atoms with E-state index < -0.39 is 0 Å². The van der Waals surface area contributed by atoms with Crippen LogP contribution >= 0.6 is 0 Å². The molecule has 0 unspecified atom stereocenters. The molecule has 112 valence electrons. The summed E-state index contributed by atoms with van der Waals surface area (Å²) in [7, 11) is 0. The van der Waals surface area contributed by atoms with Crippen LogP contribution in [0.15, 0.2) is 18.2 Å². The molecule has 1 aliphatic rings. The number of benzene rings is 1. The predicted molar refractivity (Wildman–Crippen MR) is 83.2 cm³/mol. The van der Waals surface area contributed by atoms with Crippen molar-refractivity contribution >= 4 is 5.91 Å². The third-order valence-electron chi connectivity index (χ3n) is 3.97. The van der Waals surface area contributed by atoms with Crippen LogP contribution < -0.4 is 0 Å². The van der Waals surface area contributed by atoms with Gasteiger partial charge in [-0.1, -0.05) is 24.8 Å². The van der Waals surface area contributed by atoms with E-state index in [2.05, 4.69) is 23.7 Å². The second kappa shape index (κ2) is 7.26. The van der Waals surface area contributed by atoms with Crippen molar-refractivity contribution in [2.45, 2.75) is 13.8 Å². The molecule has 0 spiro atoms. The van der Waals surface area contributed by atoms with E-state index in [1.807, 2.05) is 30.0 Å². The topological polar surface area (TPSA) is 43.8 Å². The van der Waals surface area contributed by atoms with Gasteiger partial charge >= 0.3 is 0 Å². The van der Waals surface area contributed by atoms with Crippen LogP contribution in [0.2, 0.25) is 0 Å². The second-order valence-electron chi connectivity index (χ2n) is 5.16. The SMILES string of the molecule is CCN1CCN(C(=O)c2cccc(C#CCO)c2C)CC1. The van der Waals surface area contributed by atoms with Crippen molar-refractivity contribution < 1.29 is 9.90 Å². The van der Waals surface area contributed by atoms with Crippen molar-refractivity contribution in [2.75, 3.05) is 39.3 Å². The van der Waals surface area contributed by atoms with Crippen molar-refractivity contribution in [1.82, 2.24) is 9.80 Å². The number of hydrogen-bond acceptors (Lipinski definition) is 3. The van der Waals surface area contributed by atoms with Gasteiger partial charge in [-0.25, -0.2) is 0 Å². The van der Waals surface area contributed by atoms with Crippen LogP contribution in [0.4, 0.5) is 0 Å². The Balaban J connectivity index is 2.16. The number of piperazine rings is 1. The zero-order valence-electron chi connectivity index (χ0n) is 12.7. The van der Waals surface area contributed by atoms with Crippen molar-refractivity contribution in [3.63, 3.8) is 0 Å². The van der Waals surface area contributed by atoms with Gasteiger partial charge in [-0.3, -0.25) is 4.79 Å². The zero-order valence-corrected chi connectivity index (χ0v) is 12.7. The average molecular weight is 286 g/mol. The van der Waals surface area contributed by atoms with Crippen LogP contribution in [-0.4, -0.2) is 60.1 Å². The molecule has 1 fully saturated rings.